The van der Waals surface area contributed by atoms with Crippen molar-refractivity contribution >= 4 is 28.1 Å². The molecule has 6 nitrogen and oxygen atoms in total. The molecule has 0 saturated carbocycles. The summed E-state index contributed by atoms with van der Waals surface area (Å²) in [6.45, 7) is 0. The monoisotopic (exact) mass is 350 g/mol. The van der Waals surface area contributed by atoms with Crippen LogP contribution in [0.5, 0.6) is 17.2 Å². The highest BCUT2D eigenvalue weighted by Gasteiger charge is 2.12. The Hall–Kier alpha value is -2.54. The second kappa shape index (κ2) is 6.27. The number of halogens is 1. The van der Waals surface area contributed by atoms with E-state index in [0.29, 0.717) is 0 Å². The number of aromatic hydroxyl groups is 3. The summed E-state index contributed by atoms with van der Waals surface area (Å²) in [5, 5.41) is 31.6. The van der Waals surface area contributed by atoms with E-state index in [-0.39, 0.29) is 5.56 Å². The third kappa shape index (κ3) is 3.73. The van der Waals surface area contributed by atoms with Gasteiger partial charge in [-0.1, -0.05) is 28.1 Å². The van der Waals surface area contributed by atoms with Crippen LogP contribution in [0.15, 0.2) is 46.0 Å². The normalized spacial score (nSPS) is 10.7. The molecule has 0 unspecified atom stereocenters. The number of hydrazone groups is 1. The molecular formula is C14H11BrN2O4. The standard InChI is InChI=1S/C14H11BrN2O4/c15-10-3-1-2-8(4-10)7-16-17-14(21)9-5-11(18)13(20)12(19)6-9/h1-7,18-20H,(H,17,21)/b16-7+. The van der Waals surface area contributed by atoms with Crippen LogP contribution in [0.2, 0.25) is 0 Å². The number of rotatable bonds is 3. The lowest BCUT2D eigenvalue weighted by atomic mass is 10.2. The molecule has 2 aromatic rings. The summed E-state index contributed by atoms with van der Waals surface area (Å²) < 4.78 is 0.881. The number of nitrogens with zero attached hydrogens (tertiary/aromatic N) is 1. The molecule has 0 atom stereocenters. The van der Waals surface area contributed by atoms with E-state index in [4.69, 9.17) is 0 Å². The summed E-state index contributed by atoms with van der Waals surface area (Å²) >= 11 is 3.31. The van der Waals surface area contributed by atoms with Crippen molar-refractivity contribution in [2.24, 2.45) is 5.10 Å². The van der Waals surface area contributed by atoms with Gasteiger partial charge in [-0.3, -0.25) is 4.79 Å². The molecule has 0 radical (unpaired) electrons. The lowest BCUT2D eigenvalue weighted by Gasteiger charge is -2.04. The van der Waals surface area contributed by atoms with Crippen LogP contribution < -0.4 is 5.43 Å². The number of amides is 1. The second-order valence-electron chi connectivity index (χ2n) is 4.12. The average molecular weight is 351 g/mol. The van der Waals surface area contributed by atoms with Gasteiger partial charge in [-0.15, -0.1) is 0 Å². The number of hydrogen-bond donors (Lipinski definition) is 4. The van der Waals surface area contributed by atoms with Crippen molar-refractivity contribution in [1.82, 2.24) is 5.43 Å². The highest BCUT2D eigenvalue weighted by atomic mass is 79.9. The first-order chi connectivity index (χ1) is 9.97. The van der Waals surface area contributed by atoms with Gasteiger partial charge in [-0.25, -0.2) is 5.43 Å². The topological polar surface area (TPSA) is 102 Å². The summed E-state index contributed by atoms with van der Waals surface area (Å²) in [4.78, 5) is 11.8. The molecule has 0 bridgehead atoms. The first kappa shape index (κ1) is 14.9. The fraction of sp³-hybridized carbons (Fsp3) is 0. The van der Waals surface area contributed by atoms with Crippen molar-refractivity contribution in [2.45, 2.75) is 0 Å². The van der Waals surface area contributed by atoms with Gasteiger partial charge in [0, 0.05) is 10.0 Å². The van der Waals surface area contributed by atoms with E-state index in [1.165, 1.54) is 6.21 Å². The molecule has 4 N–H and O–H groups in total. The summed E-state index contributed by atoms with van der Waals surface area (Å²) in [6, 6.07) is 9.35. The van der Waals surface area contributed by atoms with Crippen LogP contribution >= 0.6 is 15.9 Å². The van der Waals surface area contributed by atoms with E-state index in [1.807, 2.05) is 18.2 Å². The number of carbonyl (C=O) groups excluding carboxylic acids is 1. The average Bonchev–Trinajstić information content (AvgIpc) is 2.44. The van der Waals surface area contributed by atoms with Crippen LogP contribution in [0.4, 0.5) is 0 Å². The maximum Gasteiger partial charge on any atom is 0.271 e. The third-order valence-electron chi connectivity index (χ3n) is 2.56. The SMILES string of the molecule is O=C(N/N=C/c1cccc(Br)c1)c1cc(O)c(O)c(O)c1. The van der Waals surface area contributed by atoms with Crippen LogP contribution in [0.3, 0.4) is 0 Å². The maximum atomic E-state index is 11.8. The molecule has 0 saturated heterocycles. The Balaban J connectivity index is 2.08. The van der Waals surface area contributed by atoms with E-state index < -0.39 is 23.2 Å². The highest BCUT2D eigenvalue weighted by Crippen LogP contribution is 2.35. The van der Waals surface area contributed by atoms with Gasteiger partial charge < -0.3 is 15.3 Å². The number of phenolic OH excluding ortho intramolecular Hbond substituents is 3. The Morgan fingerprint density at radius 1 is 1.14 bits per heavy atom. The van der Waals surface area contributed by atoms with Gasteiger partial charge in [0.25, 0.3) is 5.91 Å². The van der Waals surface area contributed by atoms with E-state index in [0.717, 1.165) is 22.2 Å². The van der Waals surface area contributed by atoms with Gasteiger partial charge in [-0.2, -0.15) is 5.10 Å². The molecule has 0 heterocycles. The predicted molar refractivity (Wildman–Crippen MR) is 80.6 cm³/mol. The molecular weight excluding hydrogens is 340 g/mol. The number of hydrogen-bond acceptors (Lipinski definition) is 5. The lowest BCUT2D eigenvalue weighted by Crippen LogP contribution is -2.17. The van der Waals surface area contributed by atoms with Gasteiger partial charge in [0.2, 0.25) is 0 Å². The number of nitrogens with one attached hydrogen (secondary N) is 1. The Kier molecular flexibility index (Phi) is 4.44. The quantitative estimate of drug-likeness (QED) is 0.387. The van der Waals surface area contributed by atoms with Crippen LogP contribution in [-0.4, -0.2) is 27.4 Å². The van der Waals surface area contributed by atoms with Crippen LogP contribution in [0.1, 0.15) is 15.9 Å². The largest absolute Gasteiger partial charge is 0.504 e. The summed E-state index contributed by atoms with van der Waals surface area (Å²) in [5.74, 6) is -2.48. The van der Waals surface area contributed by atoms with Gasteiger partial charge in [0.15, 0.2) is 17.2 Å². The van der Waals surface area contributed by atoms with Crippen LogP contribution in [-0.2, 0) is 0 Å². The number of benzene rings is 2. The molecule has 0 fully saturated rings. The van der Waals surface area contributed by atoms with Crippen LogP contribution in [0, 0.1) is 0 Å². The van der Waals surface area contributed by atoms with Crippen LogP contribution in [0.25, 0.3) is 0 Å². The Morgan fingerprint density at radius 3 is 2.43 bits per heavy atom. The second-order valence-corrected chi connectivity index (χ2v) is 5.03. The molecule has 0 aliphatic rings. The number of phenols is 3. The Morgan fingerprint density at radius 2 is 1.81 bits per heavy atom. The van der Waals surface area contributed by atoms with Crippen molar-refractivity contribution in [3.8, 4) is 17.2 Å². The minimum absolute atomic E-state index is 0.0332. The highest BCUT2D eigenvalue weighted by molar-refractivity contribution is 9.10. The van der Waals surface area contributed by atoms with E-state index in [2.05, 4.69) is 26.5 Å². The zero-order valence-electron chi connectivity index (χ0n) is 10.6. The minimum atomic E-state index is -0.677. The molecule has 108 valence electrons. The van der Waals surface area contributed by atoms with Crippen molar-refractivity contribution in [3.63, 3.8) is 0 Å². The fourth-order valence-electron chi connectivity index (χ4n) is 1.55. The summed E-state index contributed by atoms with van der Waals surface area (Å²) in [7, 11) is 0. The predicted octanol–water partition coefficient (Wildman–Crippen LogP) is 2.33. The van der Waals surface area contributed by atoms with E-state index in [1.54, 1.807) is 6.07 Å². The first-order valence-electron chi connectivity index (χ1n) is 5.81. The molecule has 1 amide bonds. The molecule has 0 aromatic heterocycles. The maximum absolute atomic E-state index is 11.8. The lowest BCUT2D eigenvalue weighted by molar-refractivity contribution is 0.0954. The number of carbonyl (C=O) groups is 1. The van der Waals surface area contributed by atoms with Gasteiger partial charge in [-0.05, 0) is 29.8 Å². The molecule has 0 aliphatic carbocycles. The third-order valence-corrected chi connectivity index (χ3v) is 3.05. The molecule has 2 aromatic carbocycles. The van der Waals surface area contributed by atoms with Gasteiger partial charge in [0.05, 0.1) is 6.21 Å². The van der Waals surface area contributed by atoms with E-state index >= 15 is 0 Å². The smallest absolute Gasteiger partial charge is 0.271 e. The molecule has 0 spiro atoms. The Labute approximate surface area is 128 Å². The van der Waals surface area contributed by atoms with Crippen molar-refractivity contribution in [3.05, 3.63) is 52.0 Å². The van der Waals surface area contributed by atoms with Crippen molar-refractivity contribution in [1.29, 1.82) is 0 Å². The molecule has 2 rings (SSSR count). The Bertz CT molecular complexity index is 693. The van der Waals surface area contributed by atoms with Crippen molar-refractivity contribution in [2.75, 3.05) is 0 Å². The zero-order valence-corrected chi connectivity index (χ0v) is 12.2. The molecule has 21 heavy (non-hydrogen) atoms. The van der Waals surface area contributed by atoms with E-state index in [9.17, 15) is 20.1 Å². The van der Waals surface area contributed by atoms with Crippen molar-refractivity contribution < 1.29 is 20.1 Å². The summed E-state index contributed by atoms with van der Waals surface area (Å²) in [5.41, 5.74) is 3.00. The summed E-state index contributed by atoms with van der Waals surface area (Å²) in [6.07, 6.45) is 1.45. The fourth-order valence-corrected chi connectivity index (χ4v) is 1.97. The first-order valence-corrected chi connectivity index (χ1v) is 6.60. The molecule has 0 aliphatic heterocycles. The van der Waals surface area contributed by atoms with Gasteiger partial charge >= 0.3 is 0 Å². The zero-order chi connectivity index (χ0) is 15.4. The molecule has 7 heteroatoms. The minimum Gasteiger partial charge on any atom is -0.504 e. The van der Waals surface area contributed by atoms with Gasteiger partial charge in [0.1, 0.15) is 0 Å².